The van der Waals surface area contributed by atoms with E-state index in [-0.39, 0.29) is 16.9 Å². The number of benzene rings is 2. The van der Waals surface area contributed by atoms with Gasteiger partial charge < -0.3 is 5.11 Å². The van der Waals surface area contributed by atoms with Crippen molar-refractivity contribution in [3.05, 3.63) is 64.7 Å². The number of allylic oxidation sites excluding steroid dienone is 1. The van der Waals surface area contributed by atoms with Gasteiger partial charge in [0.2, 0.25) is 5.69 Å². The monoisotopic (exact) mass is 414 g/mol. The van der Waals surface area contributed by atoms with Crippen LogP contribution in [-0.4, -0.2) is 40.7 Å². The van der Waals surface area contributed by atoms with Gasteiger partial charge in [-0.15, -0.1) is 0 Å². The fraction of sp³-hybridized carbons (Fsp3) is 0.348. The largest absolute Gasteiger partial charge is 0.507 e. The number of phenols is 1. The third-order valence-electron chi connectivity index (χ3n) is 5.44. The van der Waals surface area contributed by atoms with E-state index in [1.807, 2.05) is 37.3 Å². The number of aryl methyl sites for hydroxylation is 2. The Bertz CT molecular complexity index is 1110. The Morgan fingerprint density at radius 2 is 1.69 bits per heavy atom. The number of phenolic OH excluding ortho intramolecular Hbond substituents is 1. The van der Waals surface area contributed by atoms with Gasteiger partial charge in [-0.3, -0.25) is 4.55 Å². The summed E-state index contributed by atoms with van der Waals surface area (Å²) in [7, 11) is -4.00. The van der Waals surface area contributed by atoms with Crippen molar-refractivity contribution in [2.75, 3.05) is 12.3 Å². The van der Waals surface area contributed by atoms with Crippen LogP contribution in [0.3, 0.4) is 0 Å². The van der Waals surface area contributed by atoms with Gasteiger partial charge >= 0.3 is 0 Å². The molecule has 0 saturated heterocycles. The highest BCUT2D eigenvalue weighted by Crippen LogP contribution is 2.40. The van der Waals surface area contributed by atoms with Crippen molar-refractivity contribution in [3.63, 3.8) is 0 Å². The highest BCUT2D eigenvalue weighted by molar-refractivity contribution is 7.85. The number of hydrogen-bond acceptors (Lipinski definition) is 3. The molecular weight excluding hydrogens is 386 g/mol. The summed E-state index contributed by atoms with van der Waals surface area (Å²) in [6, 6.07) is 11.7. The smallest absolute Gasteiger partial charge is 0.265 e. The molecule has 2 aromatic carbocycles. The van der Waals surface area contributed by atoms with E-state index in [1.54, 1.807) is 6.07 Å². The van der Waals surface area contributed by atoms with Crippen molar-refractivity contribution in [1.29, 1.82) is 0 Å². The second kappa shape index (κ2) is 7.76. The minimum absolute atomic E-state index is 0.217. The zero-order chi connectivity index (χ0) is 21.4. The van der Waals surface area contributed by atoms with Crippen LogP contribution in [0.5, 0.6) is 5.75 Å². The van der Waals surface area contributed by atoms with Gasteiger partial charge in [-0.2, -0.15) is 13.0 Å². The van der Waals surface area contributed by atoms with E-state index in [9.17, 15) is 13.5 Å². The predicted molar refractivity (Wildman–Crippen MR) is 117 cm³/mol. The standard InChI is InChI=1S/C23H27NO4S/c1-16-7-10-21(25)18(14-16)8-11-22-23(3,4)19-15-17(2)6-9-20(19)24(22)12-5-13-29(26,27)28/h6-11,14-15H,5,12-13H2,1-4H3,(H,26,27,28)/p+1. The Morgan fingerprint density at radius 3 is 2.38 bits per heavy atom. The molecule has 0 bridgehead atoms. The van der Waals surface area contributed by atoms with Crippen molar-refractivity contribution in [2.45, 2.75) is 39.5 Å². The van der Waals surface area contributed by atoms with Gasteiger partial charge in [0.05, 0.1) is 11.2 Å². The van der Waals surface area contributed by atoms with E-state index in [1.165, 1.54) is 5.56 Å². The maximum absolute atomic E-state index is 11.2. The summed E-state index contributed by atoms with van der Waals surface area (Å²) >= 11 is 0. The quantitative estimate of drug-likeness (QED) is 0.543. The fourth-order valence-electron chi connectivity index (χ4n) is 3.91. The van der Waals surface area contributed by atoms with Crippen LogP contribution in [0.25, 0.3) is 6.08 Å². The fourth-order valence-corrected chi connectivity index (χ4v) is 4.41. The molecule has 0 amide bonds. The van der Waals surface area contributed by atoms with Crippen LogP contribution in [0.4, 0.5) is 5.69 Å². The summed E-state index contributed by atoms with van der Waals surface area (Å²) in [6.07, 6.45) is 4.21. The molecule has 1 heterocycles. The van der Waals surface area contributed by atoms with Crippen molar-refractivity contribution in [2.24, 2.45) is 0 Å². The predicted octanol–water partition coefficient (Wildman–Crippen LogP) is 4.38. The SMILES string of the molecule is Cc1ccc(O)c(/C=C/C2=[N+](CCCS(=O)(=O)O)c3ccc(C)cc3C2(C)C)c1. The summed E-state index contributed by atoms with van der Waals surface area (Å²) in [4.78, 5) is 0. The summed E-state index contributed by atoms with van der Waals surface area (Å²) in [5.41, 5.74) is 5.92. The Morgan fingerprint density at radius 1 is 1.03 bits per heavy atom. The molecule has 2 aromatic rings. The van der Waals surface area contributed by atoms with Gasteiger partial charge in [-0.25, -0.2) is 0 Å². The molecule has 5 nitrogen and oxygen atoms in total. The van der Waals surface area contributed by atoms with E-state index in [2.05, 4.69) is 37.5 Å². The molecule has 0 atom stereocenters. The molecule has 0 aliphatic carbocycles. The van der Waals surface area contributed by atoms with Crippen LogP contribution in [0.2, 0.25) is 0 Å². The lowest BCUT2D eigenvalue weighted by Gasteiger charge is -2.16. The van der Waals surface area contributed by atoms with E-state index in [4.69, 9.17) is 4.55 Å². The summed E-state index contributed by atoms with van der Waals surface area (Å²) in [6.45, 7) is 8.79. The number of aromatic hydroxyl groups is 1. The summed E-state index contributed by atoms with van der Waals surface area (Å²) in [5, 5.41) is 10.2. The summed E-state index contributed by atoms with van der Waals surface area (Å²) in [5.74, 6) is -0.0598. The van der Waals surface area contributed by atoms with Crippen molar-refractivity contribution < 1.29 is 22.7 Å². The van der Waals surface area contributed by atoms with Gasteiger partial charge in [0, 0.05) is 29.7 Å². The zero-order valence-electron chi connectivity index (χ0n) is 17.3. The van der Waals surface area contributed by atoms with Gasteiger partial charge in [0.1, 0.15) is 12.3 Å². The van der Waals surface area contributed by atoms with Gasteiger partial charge in [-0.1, -0.05) is 23.3 Å². The molecular formula is C23H28NO4S+. The van der Waals surface area contributed by atoms with E-state index < -0.39 is 10.1 Å². The molecule has 0 unspecified atom stereocenters. The molecule has 0 spiro atoms. The van der Waals surface area contributed by atoms with Crippen molar-refractivity contribution >= 4 is 27.6 Å². The van der Waals surface area contributed by atoms with E-state index in [0.29, 0.717) is 13.0 Å². The Kier molecular flexibility index (Phi) is 5.70. The zero-order valence-corrected chi connectivity index (χ0v) is 18.1. The third kappa shape index (κ3) is 4.60. The normalized spacial score (nSPS) is 15.9. The highest BCUT2D eigenvalue weighted by atomic mass is 32.2. The van der Waals surface area contributed by atoms with E-state index >= 15 is 0 Å². The van der Waals surface area contributed by atoms with Crippen LogP contribution >= 0.6 is 0 Å². The first-order chi connectivity index (χ1) is 13.5. The van der Waals surface area contributed by atoms with Crippen LogP contribution in [0.15, 0.2) is 42.5 Å². The highest BCUT2D eigenvalue weighted by Gasteiger charge is 2.44. The van der Waals surface area contributed by atoms with Crippen LogP contribution in [-0.2, 0) is 15.5 Å². The Hall–Kier alpha value is -2.44. The molecule has 6 heteroatoms. The third-order valence-corrected chi connectivity index (χ3v) is 6.24. The first kappa shape index (κ1) is 21.3. The Labute approximate surface area is 172 Å². The molecule has 0 radical (unpaired) electrons. The van der Waals surface area contributed by atoms with Gasteiger partial charge in [-0.05, 0) is 52.0 Å². The molecule has 3 rings (SSSR count). The van der Waals surface area contributed by atoms with Gasteiger partial charge in [0.25, 0.3) is 10.1 Å². The molecule has 0 saturated carbocycles. The average Bonchev–Trinajstić information content (AvgIpc) is 2.81. The second-order valence-electron chi connectivity index (χ2n) is 8.22. The van der Waals surface area contributed by atoms with Gasteiger partial charge in [0.15, 0.2) is 5.71 Å². The summed E-state index contributed by atoms with van der Waals surface area (Å²) < 4.78 is 33.6. The molecule has 1 aliphatic rings. The topological polar surface area (TPSA) is 77.6 Å². The number of fused-ring (bicyclic) bond motifs is 1. The van der Waals surface area contributed by atoms with Crippen LogP contribution < -0.4 is 0 Å². The van der Waals surface area contributed by atoms with Crippen LogP contribution in [0, 0.1) is 13.8 Å². The maximum atomic E-state index is 11.2. The van der Waals surface area contributed by atoms with Crippen molar-refractivity contribution in [1.82, 2.24) is 0 Å². The Balaban J connectivity index is 2.06. The molecule has 154 valence electrons. The first-order valence-electron chi connectivity index (χ1n) is 9.68. The lowest BCUT2D eigenvalue weighted by Crippen LogP contribution is -2.28. The number of rotatable bonds is 6. The van der Waals surface area contributed by atoms with E-state index in [0.717, 1.165) is 28.1 Å². The molecule has 1 aliphatic heterocycles. The molecule has 29 heavy (non-hydrogen) atoms. The molecule has 2 N–H and O–H groups in total. The number of nitrogens with zero attached hydrogens (tertiary/aromatic N) is 1. The average molecular weight is 415 g/mol. The minimum atomic E-state index is -4.00. The molecule has 0 fully saturated rings. The lowest BCUT2D eigenvalue weighted by molar-refractivity contribution is -0.437. The maximum Gasteiger partial charge on any atom is 0.265 e. The second-order valence-corrected chi connectivity index (χ2v) is 9.79. The minimum Gasteiger partial charge on any atom is -0.507 e. The molecule has 0 aromatic heterocycles. The lowest BCUT2D eigenvalue weighted by atomic mass is 9.80. The first-order valence-corrected chi connectivity index (χ1v) is 11.3. The number of hydrogen-bond donors (Lipinski definition) is 2. The van der Waals surface area contributed by atoms with Crippen molar-refractivity contribution in [3.8, 4) is 5.75 Å². The van der Waals surface area contributed by atoms with Crippen LogP contribution in [0.1, 0.15) is 42.5 Å².